The molecule has 25 heavy (non-hydrogen) atoms. The van der Waals surface area contributed by atoms with Crippen LogP contribution >= 0.6 is 0 Å². The molecular formula is C19H25N5O. The van der Waals surface area contributed by atoms with Crippen LogP contribution in [0.25, 0.3) is 0 Å². The van der Waals surface area contributed by atoms with E-state index in [1.807, 2.05) is 0 Å². The topological polar surface area (TPSA) is 77.2 Å². The molecule has 0 spiro atoms. The second-order valence-electron chi connectivity index (χ2n) is 7.49. The molecule has 4 rings (SSSR count). The Morgan fingerprint density at radius 3 is 2.36 bits per heavy atom. The number of ether oxygens (including phenoxy) is 1. The van der Waals surface area contributed by atoms with E-state index in [1.54, 1.807) is 0 Å². The highest BCUT2D eigenvalue weighted by molar-refractivity contribution is 5.42. The second kappa shape index (κ2) is 5.95. The summed E-state index contributed by atoms with van der Waals surface area (Å²) in [5, 5.41) is 0. The van der Waals surface area contributed by atoms with E-state index in [9.17, 15) is 0 Å². The molecule has 1 saturated carbocycles. The first-order chi connectivity index (χ1) is 12.0. The number of aromatic nitrogens is 3. The molecule has 0 bridgehead atoms. The van der Waals surface area contributed by atoms with Crippen LogP contribution in [0.15, 0.2) is 30.3 Å². The standard InChI is InChI=1S/C19H25N5O/c1-18(2,19(8-9-19)14-6-4-3-5-7-14)15-21-16(20)23-17(22-15)24-10-12-25-13-11-24/h3-7H,8-13H2,1-2H3,(H2,20,21,22,23). The summed E-state index contributed by atoms with van der Waals surface area (Å²) in [4.78, 5) is 15.9. The van der Waals surface area contributed by atoms with Crippen LogP contribution in [0.1, 0.15) is 38.1 Å². The third-order valence-electron chi connectivity index (χ3n) is 5.77. The van der Waals surface area contributed by atoms with Crippen molar-refractivity contribution in [2.75, 3.05) is 36.9 Å². The van der Waals surface area contributed by atoms with Gasteiger partial charge in [-0.05, 0) is 18.4 Å². The van der Waals surface area contributed by atoms with Crippen molar-refractivity contribution in [3.05, 3.63) is 41.7 Å². The molecule has 0 radical (unpaired) electrons. The Kier molecular flexibility index (Phi) is 3.87. The first-order valence-corrected chi connectivity index (χ1v) is 8.93. The summed E-state index contributed by atoms with van der Waals surface area (Å²) in [5.74, 6) is 1.74. The smallest absolute Gasteiger partial charge is 0.230 e. The number of rotatable bonds is 4. The average molecular weight is 339 g/mol. The fraction of sp³-hybridized carbons (Fsp3) is 0.526. The summed E-state index contributed by atoms with van der Waals surface area (Å²) in [6, 6.07) is 10.7. The Morgan fingerprint density at radius 2 is 1.72 bits per heavy atom. The minimum atomic E-state index is -0.216. The summed E-state index contributed by atoms with van der Waals surface area (Å²) >= 11 is 0. The maximum atomic E-state index is 6.05. The van der Waals surface area contributed by atoms with Crippen LogP contribution in [0.3, 0.4) is 0 Å². The van der Waals surface area contributed by atoms with Crippen molar-refractivity contribution in [2.45, 2.75) is 37.5 Å². The highest BCUT2D eigenvalue weighted by Crippen LogP contribution is 2.60. The van der Waals surface area contributed by atoms with E-state index in [2.05, 4.69) is 59.0 Å². The first kappa shape index (κ1) is 16.3. The van der Waals surface area contributed by atoms with Gasteiger partial charge in [-0.2, -0.15) is 15.0 Å². The number of nitrogen functional groups attached to an aromatic ring is 1. The van der Waals surface area contributed by atoms with Crippen molar-refractivity contribution in [3.63, 3.8) is 0 Å². The molecule has 132 valence electrons. The van der Waals surface area contributed by atoms with Crippen molar-refractivity contribution in [1.29, 1.82) is 0 Å². The quantitative estimate of drug-likeness (QED) is 0.921. The van der Waals surface area contributed by atoms with Gasteiger partial charge in [0.05, 0.1) is 13.2 Å². The van der Waals surface area contributed by atoms with Gasteiger partial charge >= 0.3 is 0 Å². The molecule has 0 unspecified atom stereocenters. The Hall–Kier alpha value is -2.21. The largest absolute Gasteiger partial charge is 0.378 e. The fourth-order valence-corrected chi connectivity index (χ4v) is 3.94. The third-order valence-corrected chi connectivity index (χ3v) is 5.77. The van der Waals surface area contributed by atoms with Crippen molar-refractivity contribution in [3.8, 4) is 0 Å². The van der Waals surface area contributed by atoms with Gasteiger partial charge < -0.3 is 15.4 Å². The SMILES string of the molecule is CC(C)(c1nc(N)nc(N2CCOCC2)n1)C1(c2ccccc2)CC1. The maximum absolute atomic E-state index is 6.05. The molecule has 2 aliphatic rings. The lowest BCUT2D eigenvalue weighted by atomic mass is 9.71. The van der Waals surface area contributed by atoms with Gasteiger partial charge in [-0.25, -0.2) is 0 Å². The molecule has 2 aromatic rings. The van der Waals surface area contributed by atoms with E-state index < -0.39 is 0 Å². The number of benzene rings is 1. The molecule has 1 aromatic carbocycles. The summed E-state index contributed by atoms with van der Waals surface area (Å²) in [6.45, 7) is 7.41. The molecule has 1 aromatic heterocycles. The number of morpholine rings is 1. The van der Waals surface area contributed by atoms with Crippen LogP contribution < -0.4 is 10.6 Å². The molecule has 2 heterocycles. The van der Waals surface area contributed by atoms with Crippen LogP contribution in [0.5, 0.6) is 0 Å². The molecule has 6 heteroatoms. The van der Waals surface area contributed by atoms with E-state index in [0.717, 1.165) is 31.8 Å². The summed E-state index contributed by atoms with van der Waals surface area (Å²) in [7, 11) is 0. The molecule has 1 saturated heterocycles. The lowest BCUT2D eigenvalue weighted by Crippen LogP contribution is -2.40. The van der Waals surface area contributed by atoms with E-state index >= 15 is 0 Å². The first-order valence-electron chi connectivity index (χ1n) is 8.93. The molecule has 0 atom stereocenters. The minimum absolute atomic E-state index is 0.0737. The number of nitrogens with zero attached hydrogens (tertiary/aromatic N) is 4. The molecule has 1 aliphatic carbocycles. The molecule has 2 fully saturated rings. The Morgan fingerprint density at radius 1 is 1.04 bits per heavy atom. The van der Waals surface area contributed by atoms with Gasteiger partial charge in [-0.15, -0.1) is 0 Å². The lowest BCUT2D eigenvalue weighted by Gasteiger charge is -2.35. The van der Waals surface area contributed by atoms with Gasteiger partial charge in [0.2, 0.25) is 11.9 Å². The molecule has 6 nitrogen and oxygen atoms in total. The van der Waals surface area contributed by atoms with E-state index in [1.165, 1.54) is 5.56 Å². The van der Waals surface area contributed by atoms with Crippen molar-refractivity contribution in [2.24, 2.45) is 0 Å². The number of nitrogens with two attached hydrogens (primary N) is 1. The van der Waals surface area contributed by atoms with Crippen LogP contribution in [0, 0.1) is 0 Å². The van der Waals surface area contributed by atoms with Gasteiger partial charge in [0.15, 0.2) is 0 Å². The highest BCUT2D eigenvalue weighted by atomic mass is 16.5. The van der Waals surface area contributed by atoms with Crippen LogP contribution in [0.4, 0.5) is 11.9 Å². The van der Waals surface area contributed by atoms with Gasteiger partial charge in [0, 0.05) is 23.9 Å². The maximum Gasteiger partial charge on any atom is 0.230 e. The van der Waals surface area contributed by atoms with Gasteiger partial charge in [0.25, 0.3) is 0 Å². The van der Waals surface area contributed by atoms with Gasteiger partial charge in [0.1, 0.15) is 5.82 Å². The number of hydrogen-bond donors (Lipinski definition) is 1. The number of anilines is 2. The average Bonchev–Trinajstić information content (AvgIpc) is 3.45. The summed E-state index contributed by atoms with van der Waals surface area (Å²) in [6.07, 6.45) is 2.28. The van der Waals surface area contributed by atoms with Gasteiger partial charge in [-0.1, -0.05) is 44.2 Å². The van der Waals surface area contributed by atoms with Crippen molar-refractivity contribution in [1.82, 2.24) is 15.0 Å². The van der Waals surface area contributed by atoms with E-state index in [-0.39, 0.29) is 10.8 Å². The zero-order valence-electron chi connectivity index (χ0n) is 14.9. The summed E-state index contributed by atoms with van der Waals surface area (Å²) in [5.41, 5.74) is 7.26. The fourth-order valence-electron chi connectivity index (χ4n) is 3.94. The van der Waals surface area contributed by atoms with Crippen LogP contribution in [-0.2, 0) is 15.6 Å². The Bertz CT molecular complexity index is 752. The monoisotopic (exact) mass is 339 g/mol. The number of hydrogen-bond acceptors (Lipinski definition) is 6. The molecular weight excluding hydrogens is 314 g/mol. The zero-order valence-corrected chi connectivity index (χ0v) is 14.9. The lowest BCUT2D eigenvalue weighted by molar-refractivity contribution is 0.122. The van der Waals surface area contributed by atoms with Crippen LogP contribution in [0.2, 0.25) is 0 Å². The zero-order chi connectivity index (χ0) is 17.5. The molecule has 1 aliphatic heterocycles. The Labute approximate surface area is 148 Å². The second-order valence-corrected chi connectivity index (χ2v) is 7.49. The van der Waals surface area contributed by atoms with E-state index in [4.69, 9.17) is 15.5 Å². The Balaban J connectivity index is 1.72. The summed E-state index contributed by atoms with van der Waals surface area (Å²) < 4.78 is 5.43. The third kappa shape index (κ3) is 2.74. The molecule has 0 amide bonds. The predicted molar refractivity (Wildman–Crippen MR) is 97.7 cm³/mol. The minimum Gasteiger partial charge on any atom is -0.378 e. The predicted octanol–water partition coefficient (Wildman–Crippen LogP) is 2.30. The van der Waals surface area contributed by atoms with Crippen LogP contribution in [-0.4, -0.2) is 41.3 Å². The van der Waals surface area contributed by atoms with Crippen molar-refractivity contribution >= 4 is 11.9 Å². The van der Waals surface area contributed by atoms with Gasteiger partial charge in [-0.3, -0.25) is 0 Å². The van der Waals surface area contributed by atoms with E-state index in [0.29, 0.717) is 25.1 Å². The molecule has 2 N–H and O–H groups in total. The highest BCUT2D eigenvalue weighted by Gasteiger charge is 2.57. The normalized spacial score (nSPS) is 19.7. The van der Waals surface area contributed by atoms with Crippen molar-refractivity contribution < 1.29 is 4.74 Å².